The van der Waals surface area contributed by atoms with Crippen LogP contribution in [0.15, 0.2) is 52.9 Å². The quantitative estimate of drug-likeness (QED) is 0.757. The Morgan fingerprint density at radius 3 is 2.48 bits per heavy atom. The van der Waals surface area contributed by atoms with Crippen molar-refractivity contribution in [1.82, 2.24) is 9.97 Å². The highest BCUT2D eigenvalue weighted by molar-refractivity contribution is 7.89. The number of nitrogens with two attached hydrogens (primary N) is 1. The van der Waals surface area contributed by atoms with Gasteiger partial charge >= 0.3 is 0 Å². The summed E-state index contributed by atoms with van der Waals surface area (Å²) in [5.74, 6) is 0.443. The Hall–Kier alpha value is -2.29. The topological polar surface area (TPSA) is 98.0 Å². The van der Waals surface area contributed by atoms with Crippen LogP contribution in [0.25, 0.3) is 10.6 Å². The summed E-state index contributed by atoms with van der Waals surface area (Å²) in [6.45, 7) is 2.03. The van der Waals surface area contributed by atoms with Gasteiger partial charge in [-0.15, -0.1) is 11.3 Å². The maximum absolute atomic E-state index is 11.2. The van der Waals surface area contributed by atoms with Crippen LogP contribution in [0, 0.1) is 6.92 Å². The number of hydrogen-bond acceptors (Lipinski definition) is 6. The summed E-state index contributed by atoms with van der Waals surface area (Å²) in [7, 11) is -3.69. The smallest absolute Gasteiger partial charge is 0.238 e. The van der Waals surface area contributed by atoms with Crippen molar-refractivity contribution in [2.24, 2.45) is 5.14 Å². The van der Waals surface area contributed by atoms with Gasteiger partial charge in [-0.2, -0.15) is 0 Å². The van der Waals surface area contributed by atoms with Crippen LogP contribution < -0.4 is 10.5 Å². The predicted molar refractivity (Wildman–Crippen MR) is 91.2 cm³/mol. The Kier molecular flexibility index (Phi) is 4.12. The maximum Gasteiger partial charge on any atom is 0.238 e. The highest BCUT2D eigenvalue weighted by Gasteiger charge is 2.09. The van der Waals surface area contributed by atoms with Crippen LogP contribution in [0.2, 0.25) is 0 Å². The predicted octanol–water partition coefficient (Wildman–Crippen LogP) is 2.90. The van der Waals surface area contributed by atoms with E-state index in [1.807, 2.05) is 24.4 Å². The van der Waals surface area contributed by atoms with Crippen LogP contribution in [0.4, 0.5) is 11.6 Å². The number of sulfonamides is 1. The minimum absolute atomic E-state index is 0.0620. The van der Waals surface area contributed by atoms with Gasteiger partial charge < -0.3 is 5.32 Å². The fraction of sp³-hybridized carbons (Fsp3) is 0.0667. The second-order valence-corrected chi connectivity index (χ2v) is 7.37. The molecule has 118 valence electrons. The zero-order chi connectivity index (χ0) is 16.4. The molecule has 0 saturated heterocycles. The van der Waals surface area contributed by atoms with Gasteiger partial charge in [0.1, 0.15) is 0 Å². The molecule has 1 aromatic carbocycles. The summed E-state index contributed by atoms with van der Waals surface area (Å²) in [4.78, 5) is 9.83. The number of nitrogens with zero attached hydrogens (tertiary/aromatic N) is 2. The van der Waals surface area contributed by atoms with Crippen LogP contribution in [-0.4, -0.2) is 18.4 Å². The number of thiophene rings is 1. The second-order valence-electron chi connectivity index (χ2n) is 4.89. The molecule has 3 aromatic rings. The van der Waals surface area contributed by atoms with E-state index < -0.39 is 10.0 Å². The van der Waals surface area contributed by atoms with Crippen LogP contribution in [0.1, 0.15) is 5.56 Å². The van der Waals surface area contributed by atoms with Crippen molar-refractivity contribution < 1.29 is 8.42 Å². The number of aryl methyl sites for hydroxylation is 1. The number of rotatable bonds is 4. The molecule has 0 aliphatic rings. The van der Waals surface area contributed by atoms with Gasteiger partial charge in [0.2, 0.25) is 16.0 Å². The summed E-state index contributed by atoms with van der Waals surface area (Å²) in [6, 6.07) is 10.0. The first-order chi connectivity index (χ1) is 10.9. The average Bonchev–Trinajstić information content (AvgIpc) is 2.93. The van der Waals surface area contributed by atoms with Gasteiger partial charge in [-0.1, -0.05) is 0 Å². The molecule has 0 atom stereocenters. The first kappa shape index (κ1) is 15.6. The van der Waals surface area contributed by atoms with E-state index in [9.17, 15) is 8.42 Å². The fourth-order valence-electron chi connectivity index (χ4n) is 2.04. The van der Waals surface area contributed by atoms with E-state index in [4.69, 9.17) is 5.14 Å². The van der Waals surface area contributed by atoms with Gasteiger partial charge in [0, 0.05) is 11.9 Å². The lowest BCUT2D eigenvalue weighted by Crippen LogP contribution is -2.11. The maximum atomic E-state index is 11.2. The van der Waals surface area contributed by atoms with Gasteiger partial charge in [-0.05, 0) is 54.3 Å². The van der Waals surface area contributed by atoms with Crippen molar-refractivity contribution in [3.8, 4) is 10.6 Å². The Labute approximate surface area is 138 Å². The van der Waals surface area contributed by atoms with E-state index in [-0.39, 0.29) is 4.90 Å². The first-order valence-corrected chi connectivity index (χ1v) is 9.13. The molecule has 2 aromatic heterocycles. The minimum atomic E-state index is -3.69. The third kappa shape index (κ3) is 3.55. The van der Waals surface area contributed by atoms with Gasteiger partial charge in [-0.3, -0.25) is 0 Å². The molecule has 6 nitrogen and oxygen atoms in total. The monoisotopic (exact) mass is 346 g/mol. The summed E-state index contributed by atoms with van der Waals surface area (Å²) < 4.78 is 22.5. The van der Waals surface area contributed by atoms with E-state index in [1.54, 1.807) is 29.7 Å². The summed E-state index contributed by atoms with van der Waals surface area (Å²) in [5.41, 5.74) is 2.69. The normalized spacial score (nSPS) is 11.4. The van der Waals surface area contributed by atoms with E-state index in [2.05, 4.69) is 15.3 Å². The lowest BCUT2D eigenvalue weighted by Gasteiger charge is -2.07. The molecule has 0 aliphatic heterocycles. The van der Waals surface area contributed by atoms with Gasteiger partial charge in [0.25, 0.3) is 0 Å². The standard InChI is InChI=1S/C15H14N4O2S2/c1-10-7-9-22-14(10)13-6-8-17-15(19-13)18-11-2-4-12(5-3-11)23(16,20)21/h2-9H,1H3,(H2,16,20,21)(H,17,18,19). The number of nitrogens with one attached hydrogen (secondary N) is 1. The van der Waals surface area contributed by atoms with Crippen molar-refractivity contribution in [3.63, 3.8) is 0 Å². The van der Waals surface area contributed by atoms with Gasteiger partial charge in [0.15, 0.2) is 0 Å². The summed E-state index contributed by atoms with van der Waals surface area (Å²) in [5, 5.41) is 10.1. The number of aromatic nitrogens is 2. The zero-order valence-corrected chi connectivity index (χ0v) is 13.9. The molecule has 0 aliphatic carbocycles. The highest BCUT2D eigenvalue weighted by Crippen LogP contribution is 2.28. The largest absolute Gasteiger partial charge is 0.324 e. The van der Waals surface area contributed by atoms with E-state index >= 15 is 0 Å². The molecule has 0 radical (unpaired) electrons. The van der Waals surface area contributed by atoms with Crippen LogP contribution >= 0.6 is 11.3 Å². The van der Waals surface area contributed by atoms with Crippen molar-refractivity contribution >= 4 is 33.0 Å². The molecular weight excluding hydrogens is 332 g/mol. The van der Waals surface area contributed by atoms with Gasteiger partial charge in [-0.25, -0.2) is 23.5 Å². The minimum Gasteiger partial charge on any atom is -0.324 e. The number of hydrogen-bond donors (Lipinski definition) is 2. The molecule has 23 heavy (non-hydrogen) atoms. The third-order valence-electron chi connectivity index (χ3n) is 3.19. The van der Waals surface area contributed by atoms with Crippen LogP contribution in [-0.2, 0) is 10.0 Å². The summed E-state index contributed by atoms with van der Waals surface area (Å²) >= 11 is 1.62. The molecular formula is C15H14N4O2S2. The van der Waals surface area contributed by atoms with Crippen LogP contribution in [0.3, 0.4) is 0 Å². The number of benzene rings is 1. The van der Waals surface area contributed by atoms with Crippen molar-refractivity contribution in [2.45, 2.75) is 11.8 Å². The highest BCUT2D eigenvalue weighted by atomic mass is 32.2. The molecule has 0 fully saturated rings. The fourth-order valence-corrected chi connectivity index (χ4v) is 3.45. The third-order valence-corrected chi connectivity index (χ3v) is 5.16. The SMILES string of the molecule is Cc1ccsc1-c1ccnc(Nc2ccc(S(N)(=O)=O)cc2)n1. The van der Waals surface area contributed by atoms with Crippen molar-refractivity contribution in [2.75, 3.05) is 5.32 Å². The second kappa shape index (κ2) is 6.07. The van der Waals surface area contributed by atoms with E-state index in [1.165, 1.54) is 12.1 Å². The van der Waals surface area contributed by atoms with Gasteiger partial charge in [0.05, 0.1) is 15.5 Å². The first-order valence-electron chi connectivity index (χ1n) is 6.71. The average molecular weight is 346 g/mol. The molecule has 0 saturated carbocycles. The van der Waals surface area contributed by atoms with Crippen LogP contribution in [0.5, 0.6) is 0 Å². The van der Waals surface area contributed by atoms with E-state index in [0.29, 0.717) is 11.6 Å². The molecule has 0 unspecified atom stereocenters. The van der Waals surface area contributed by atoms with Crippen molar-refractivity contribution in [1.29, 1.82) is 0 Å². The number of anilines is 2. The Balaban J connectivity index is 1.85. The van der Waals surface area contributed by atoms with E-state index in [0.717, 1.165) is 16.1 Å². The molecule has 0 bridgehead atoms. The molecule has 0 spiro atoms. The van der Waals surface area contributed by atoms with Crippen molar-refractivity contribution in [3.05, 3.63) is 53.5 Å². The molecule has 0 amide bonds. The lowest BCUT2D eigenvalue weighted by atomic mass is 10.2. The Bertz CT molecular complexity index is 934. The Morgan fingerprint density at radius 1 is 1.13 bits per heavy atom. The Morgan fingerprint density at radius 2 is 1.87 bits per heavy atom. The zero-order valence-electron chi connectivity index (χ0n) is 12.2. The molecule has 8 heteroatoms. The lowest BCUT2D eigenvalue weighted by molar-refractivity contribution is 0.598. The molecule has 3 rings (SSSR count). The summed E-state index contributed by atoms with van der Waals surface area (Å²) in [6.07, 6.45) is 1.68. The number of primary sulfonamides is 1. The molecule has 3 N–H and O–H groups in total. The molecule has 2 heterocycles.